The van der Waals surface area contributed by atoms with Gasteiger partial charge in [0.25, 0.3) is 0 Å². The smallest absolute Gasteiger partial charge is 0.421 e. The standard InChI is InChI=1S/C54H53N3O10/c1-65-31-32-66-52(63)56-42-26-21-35(27-30-53(64)28-13-2-3-14-29-53)33-41(42)54(51(56)62)44(49(60)55-34-43(59)36-15-7-4-8-16-36)46-50(61)67-47(38-19-11-6-12-20-38)45(37-17-9-5-10-18-37)57(46)48(54)39-22-24-40(58)25-23-39/h4-12,15-26,33,43-48,58-59,64H,2-3,13-14,28-29,31-32,34H2,1H3,(H,55,60)/t43-,44-,45-,46-,47+,48+,54-/m0/s1. The molecule has 2 saturated heterocycles. The number of carbonyl (C=O) groups excluding carboxylic acids is 4. The first-order chi connectivity index (χ1) is 32.6. The van der Waals surface area contributed by atoms with E-state index in [-0.39, 0.29) is 36.8 Å². The van der Waals surface area contributed by atoms with Gasteiger partial charge in [0.1, 0.15) is 35.5 Å². The van der Waals surface area contributed by atoms with Gasteiger partial charge in [-0.25, -0.2) is 9.69 Å². The van der Waals surface area contributed by atoms with Crippen molar-refractivity contribution in [1.29, 1.82) is 0 Å². The van der Waals surface area contributed by atoms with Gasteiger partial charge in [0.2, 0.25) is 11.8 Å². The van der Waals surface area contributed by atoms with Crippen LogP contribution in [-0.2, 0) is 34.0 Å². The topological polar surface area (TPSA) is 175 Å². The van der Waals surface area contributed by atoms with Gasteiger partial charge in [0.15, 0.2) is 0 Å². The minimum atomic E-state index is -2.12. The lowest BCUT2D eigenvalue weighted by Crippen LogP contribution is -2.56. The van der Waals surface area contributed by atoms with Gasteiger partial charge >= 0.3 is 12.1 Å². The summed E-state index contributed by atoms with van der Waals surface area (Å²) in [6.07, 6.45) is 1.47. The highest BCUT2D eigenvalue weighted by atomic mass is 16.6. The number of nitrogens with one attached hydrogen (secondary N) is 1. The molecule has 9 rings (SSSR count). The molecule has 3 amide bonds. The molecule has 67 heavy (non-hydrogen) atoms. The zero-order valence-electron chi connectivity index (χ0n) is 37.1. The Hall–Kier alpha value is -6.82. The SMILES string of the molecule is COCCOC(=O)N1C(=O)[C@@]2(c3cc(C#CC4(O)CCCCCC4)ccc31)[C@H](C(=O)NC[C@H](O)c1ccccc1)[C@H]1C(=O)O[C@H](c3ccccc3)[C@H](c3ccccc3)N1[C@@H]2c1ccc(O)cc1. The van der Waals surface area contributed by atoms with Crippen LogP contribution in [-0.4, -0.2) is 82.6 Å². The molecule has 3 heterocycles. The van der Waals surface area contributed by atoms with Gasteiger partial charge in [-0.3, -0.25) is 19.3 Å². The average Bonchev–Trinajstić information content (AvgIpc) is 3.69. The fourth-order valence-electron chi connectivity index (χ4n) is 10.6. The maximum Gasteiger partial charge on any atom is 0.421 e. The van der Waals surface area contributed by atoms with Crippen LogP contribution in [0.1, 0.15) is 96.2 Å². The zero-order valence-corrected chi connectivity index (χ0v) is 37.1. The Bertz CT molecular complexity index is 2660. The van der Waals surface area contributed by atoms with E-state index in [4.69, 9.17) is 14.2 Å². The second-order valence-electron chi connectivity index (χ2n) is 17.7. The van der Waals surface area contributed by atoms with E-state index >= 15 is 14.4 Å². The highest BCUT2D eigenvalue weighted by Crippen LogP contribution is 2.66. The molecule has 344 valence electrons. The number of esters is 1. The molecule has 7 atom stereocenters. The maximum atomic E-state index is 16.3. The molecule has 5 aromatic carbocycles. The van der Waals surface area contributed by atoms with Crippen LogP contribution < -0.4 is 10.2 Å². The number of benzene rings is 5. The molecule has 4 aliphatic rings. The quantitative estimate of drug-likeness (QED) is 0.0486. The number of amides is 3. The first kappa shape index (κ1) is 45.3. The number of anilines is 1. The van der Waals surface area contributed by atoms with Gasteiger partial charge in [-0.2, -0.15) is 0 Å². The van der Waals surface area contributed by atoms with Gasteiger partial charge in [-0.05, 0) is 83.8 Å². The molecule has 3 fully saturated rings. The Balaban J connectivity index is 1.31. The number of fused-ring (bicyclic) bond motifs is 3. The van der Waals surface area contributed by atoms with Crippen molar-refractivity contribution >= 4 is 29.6 Å². The van der Waals surface area contributed by atoms with Gasteiger partial charge in [-0.1, -0.05) is 128 Å². The number of methoxy groups -OCH3 is 1. The number of imide groups is 1. The van der Waals surface area contributed by atoms with E-state index < -0.39 is 71.1 Å². The molecule has 5 aromatic rings. The second kappa shape index (κ2) is 19.2. The van der Waals surface area contributed by atoms with Gasteiger partial charge in [-0.15, -0.1) is 0 Å². The lowest BCUT2D eigenvalue weighted by atomic mass is 9.65. The van der Waals surface area contributed by atoms with E-state index in [1.165, 1.54) is 19.2 Å². The summed E-state index contributed by atoms with van der Waals surface area (Å²) < 4.78 is 17.4. The summed E-state index contributed by atoms with van der Waals surface area (Å²) in [7, 11) is 1.45. The lowest BCUT2D eigenvalue weighted by Gasteiger charge is -2.46. The molecule has 3 aliphatic heterocycles. The molecule has 13 nitrogen and oxygen atoms in total. The number of aliphatic hydroxyl groups is 2. The molecule has 1 aliphatic carbocycles. The molecule has 0 radical (unpaired) electrons. The van der Waals surface area contributed by atoms with E-state index in [1.807, 2.05) is 65.6 Å². The molecule has 1 saturated carbocycles. The number of aromatic hydroxyl groups is 1. The second-order valence-corrected chi connectivity index (χ2v) is 17.7. The van der Waals surface area contributed by atoms with Gasteiger partial charge in [0.05, 0.1) is 36.4 Å². The first-order valence-electron chi connectivity index (χ1n) is 22.8. The third kappa shape index (κ3) is 8.47. The molecule has 0 bridgehead atoms. The third-order valence-corrected chi connectivity index (χ3v) is 13.7. The summed E-state index contributed by atoms with van der Waals surface area (Å²) in [5.41, 5.74) is -0.280. The first-order valence-corrected chi connectivity index (χ1v) is 22.8. The van der Waals surface area contributed by atoms with Crippen LogP contribution in [0.4, 0.5) is 10.5 Å². The normalized spacial score (nSPS) is 24.6. The number of hydrogen-bond donors (Lipinski definition) is 4. The molecule has 0 unspecified atom stereocenters. The van der Waals surface area contributed by atoms with E-state index in [0.29, 0.717) is 40.7 Å². The number of morpholine rings is 1. The number of cyclic esters (lactones) is 1. The summed E-state index contributed by atoms with van der Waals surface area (Å²) in [6.45, 7) is -0.443. The number of phenols is 1. The predicted molar refractivity (Wildman–Crippen MR) is 247 cm³/mol. The zero-order chi connectivity index (χ0) is 46.7. The number of rotatable bonds is 10. The van der Waals surface area contributed by atoms with Crippen molar-refractivity contribution in [1.82, 2.24) is 10.2 Å². The van der Waals surface area contributed by atoms with Crippen LogP contribution in [0.3, 0.4) is 0 Å². The fraction of sp³-hybridized carbons (Fsp3) is 0.333. The van der Waals surface area contributed by atoms with Crippen molar-refractivity contribution in [2.75, 3.05) is 31.8 Å². The Morgan fingerprint density at radius 1 is 0.806 bits per heavy atom. The molecule has 4 N–H and O–H groups in total. The van der Waals surface area contributed by atoms with Crippen molar-refractivity contribution in [2.24, 2.45) is 5.92 Å². The van der Waals surface area contributed by atoms with Gasteiger partial charge < -0.3 is 34.8 Å². The summed E-state index contributed by atoms with van der Waals surface area (Å²) in [5, 5.41) is 36.7. The van der Waals surface area contributed by atoms with Crippen molar-refractivity contribution < 1.29 is 48.7 Å². The Morgan fingerprint density at radius 3 is 2.10 bits per heavy atom. The molecular formula is C54H53N3O10. The van der Waals surface area contributed by atoms with Crippen LogP contribution in [0, 0.1) is 17.8 Å². The number of nitrogens with zero attached hydrogens (tertiary/aromatic N) is 2. The van der Waals surface area contributed by atoms with Crippen LogP contribution >= 0.6 is 0 Å². The predicted octanol–water partition coefficient (Wildman–Crippen LogP) is 7.13. The Kier molecular flexibility index (Phi) is 13.0. The number of aliphatic hydroxyl groups excluding tert-OH is 1. The highest BCUT2D eigenvalue weighted by molar-refractivity contribution is 6.23. The highest BCUT2D eigenvalue weighted by Gasteiger charge is 2.75. The monoisotopic (exact) mass is 903 g/mol. The Morgan fingerprint density at radius 2 is 1.45 bits per heavy atom. The van der Waals surface area contributed by atoms with Crippen molar-refractivity contribution in [3.8, 4) is 17.6 Å². The van der Waals surface area contributed by atoms with Crippen LogP contribution in [0.2, 0.25) is 0 Å². The number of phenolic OH excluding ortho intramolecular Hbond substituents is 1. The van der Waals surface area contributed by atoms with Crippen molar-refractivity contribution in [3.05, 3.63) is 167 Å². The fourth-order valence-corrected chi connectivity index (χ4v) is 10.6. The van der Waals surface area contributed by atoms with Crippen molar-refractivity contribution in [2.45, 2.75) is 79.9 Å². The third-order valence-electron chi connectivity index (χ3n) is 13.7. The van der Waals surface area contributed by atoms with E-state index in [9.17, 15) is 20.1 Å². The summed E-state index contributed by atoms with van der Waals surface area (Å²) >= 11 is 0. The molecule has 0 aromatic heterocycles. The largest absolute Gasteiger partial charge is 0.508 e. The van der Waals surface area contributed by atoms with Crippen LogP contribution in [0.15, 0.2) is 133 Å². The summed E-state index contributed by atoms with van der Waals surface area (Å²) in [5.74, 6) is 2.24. The lowest BCUT2D eigenvalue weighted by molar-refractivity contribution is -0.178. The van der Waals surface area contributed by atoms with Crippen molar-refractivity contribution in [3.63, 3.8) is 0 Å². The Labute approximate surface area is 389 Å². The molecular weight excluding hydrogens is 851 g/mol. The van der Waals surface area contributed by atoms with Crippen LogP contribution in [0.25, 0.3) is 0 Å². The number of hydrogen-bond acceptors (Lipinski definition) is 11. The molecule has 1 spiro atoms. The van der Waals surface area contributed by atoms with Crippen LogP contribution in [0.5, 0.6) is 5.75 Å². The van der Waals surface area contributed by atoms with E-state index in [1.54, 1.807) is 60.7 Å². The minimum absolute atomic E-state index is 0.0371. The number of ether oxygens (including phenoxy) is 3. The molecule has 13 heteroatoms. The maximum absolute atomic E-state index is 16.3. The minimum Gasteiger partial charge on any atom is -0.508 e. The van der Waals surface area contributed by atoms with E-state index in [0.717, 1.165) is 30.6 Å². The average molecular weight is 904 g/mol. The van der Waals surface area contributed by atoms with E-state index in [2.05, 4.69) is 17.2 Å². The summed E-state index contributed by atoms with van der Waals surface area (Å²) in [6, 6.07) is 35.0. The number of carbonyl (C=O) groups is 4. The summed E-state index contributed by atoms with van der Waals surface area (Å²) in [4.78, 5) is 64.5. The van der Waals surface area contributed by atoms with Gasteiger partial charge in [0, 0.05) is 19.2 Å².